The van der Waals surface area contributed by atoms with E-state index in [-0.39, 0.29) is 5.56 Å². The van der Waals surface area contributed by atoms with Crippen molar-refractivity contribution in [2.75, 3.05) is 0 Å². The summed E-state index contributed by atoms with van der Waals surface area (Å²) in [5.74, 6) is -2.15. The number of para-hydroxylation sites is 1. The van der Waals surface area contributed by atoms with E-state index >= 15 is 0 Å². The number of nitro groups is 1. The van der Waals surface area contributed by atoms with Crippen LogP contribution in [0.3, 0.4) is 0 Å². The van der Waals surface area contributed by atoms with E-state index in [0.29, 0.717) is 12.1 Å². The SMILES string of the molecule is O=C(O)C(Oc1c(Cl)cc(C(F)(F)F)cc1Cl)c1ccccc1[N+](=O)[O-]. The first-order chi connectivity index (χ1) is 12.0. The second-order valence-corrected chi connectivity index (χ2v) is 5.73. The van der Waals surface area contributed by atoms with Crippen LogP contribution in [0.25, 0.3) is 0 Å². The molecule has 0 radical (unpaired) electrons. The smallest absolute Gasteiger partial charge is 0.416 e. The molecule has 138 valence electrons. The van der Waals surface area contributed by atoms with Crippen LogP contribution in [0.5, 0.6) is 5.75 Å². The lowest BCUT2D eigenvalue weighted by Crippen LogP contribution is -2.20. The maximum atomic E-state index is 12.7. The van der Waals surface area contributed by atoms with Crippen LogP contribution in [0.2, 0.25) is 10.0 Å². The quantitative estimate of drug-likeness (QED) is 0.546. The number of alkyl halides is 3. The molecule has 0 aliphatic heterocycles. The van der Waals surface area contributed by atoms with Gasteiger partial charge in [0.1, 0.15) is 0 Å². The van der Waals surface area contributed by atoms with Crippen LogP contribution in [-0.4, -0.2) is 16.0 Å². The van der Waals surface area contributed by atoms with Crippen LogP contribution in [0.4, 0.5) is 18.9 Å². The van der Waals surface area contributed by atoms with E-state index in [9.17, 15) is 33.2 Å². The van der Waals surface area contributed by atoms with Crippen molar-refractivity contribution < 1.29 is 32.7 Å². The van der Waals surface area contributed by atoms with Gasteiger partial charge in [0.25, 0.3) is 5.69 Å². The van der Waals surface area contributed by atoms with Crippen molar-refractivity contribution in [3.05, 3.63) is 67.7 Å². The molecule has 0 saturated heterocycles. The van der Waals surface area contributed by atoms with Crippen molar-refractivity contribution in [1.82, 2.24) is 0 Å². The van der Waals surface area contributed by atoms with Gasteiger partial charge in [0, 0.05) is 6.07 Å². The van der Waals surface area contributed by atoms with Crippen LogP contribution in [-0.2, 0) is 11.0 Å². The zero-order valence-corrected chi connectivity index (χ0v) is 14.0. The van der Waals surface area contributed by atoms with E-state index in [1.54, 1.807) is 0 Å². The van der Waals surface area contributed by atoms with Gasteiger partial charge in [-0.3, -0.25) is 10.1 Å². The van der Waals surface area contributed by atoms with Crippen LogP contribution in [0.15, 0.2) is 36.4 Å². The monoisotopic (exact) mass is 409 g/mol. The van der Waals surface area contributed by atoms with Crippen molar-refractivity contribution in [2.24, 2.45) is 0 Å². The Morgan fingerprint density at radius 2 is 1.73 bits per heavy atom. The van der Waals surface area contributed by atoms with Crippen LogP contribution < -0.4 is 4.74 Å². The summed E-state index contributed by atoms with van der Waals surface area (Å²) < 4.78 is 43.4. The third-order valence-corrected chi connectivity index (χ3v) is 3.76. The van der Waals surface area contributed by atoms with Crippen molar-refractivity contribution >= 4 is 34.9 Å². The number of carboxylic acids is 1. The molecule has 26 heavy (non-hydrogen) atoms. The zero-order valence-electron chi connectivity index (χ0n) is 12.5. The average molecular weight is 410 g/mol. The van der Waals surface area contributed by atoms with Gasteiger partial charge in [0.05, 0.1) is 26.1 Å². The standard InChI is InChI=1S/C15H8Cl2F3NO5/c16-9-5-7(15(18,19)20)6-10(17)13(9)26-12(14(22)23)8-3-1-2-4-11(8)21(24)25/h1-6,12H,(H,22,23). The lowest BCUT2D eigenvalue weighted by molar-refractivity contribution is -0.386. The molecule has 1 N–H and O–H groups in total. The van der Waals surface area contributed by atoms with E-state index in [0.717, 1.165) is 12.1 Å². The molecule has 6 nitrogen and oxygen atoms in total. The Balaban J connectivity index is 2.51. The number of nitrogens with zero attached hydrogens (tertiary/aromatic N) is 1. The van der Waals surface area contributed by atoms with Gasteiger partial charge >= 0.3 is 12.1 Å². The molecule has 1 atom stereocenters. The molecular formula is C15H8Cl2F3NO5. The third kappa shape index (κ3) is 4.17. The first kappa shape index (κ1) is 19.8. The number of carbonyl (C=O) groups is 1. The van der Waals surface area contributed by atoms with Gasteiger partial charge in [-0.2, -0.15) is 13.2 Å². The van der Waals surface area contributed by atoms with Gasteiger partial charge in [-0.25, -0.2) is 4.79 Å². The number of nitro benzene ring substituents is 1. The Morgan fingerprint density at radius 1 is 1.19 bits per heavy atom. The molecule has 0 aliphatic carbocycles. The molecule has 11 heteroatoms. The highest BCUT2D eigenvalue weighted by Gasteiger charge is 2.34. The van der Waals surface area contributed by atoms with E-state index in [1.807, 2.05) is 0 Å². The van der Waals surface area contributed by atoms with Crippen molar-refractivity contribution in [3.8, 4) is 5.75 Å². The second kappa shape index (κ2) is 7.38. The lowest BCUT2D eigenvalue weighted by Gasteiger charge is -2.18. The fourth-order valence-electron chi connectivity index (χ4n) is 2.08. The zero-order chi connectivity index (χ0) is 19.6. The Kier molecular flexibility index (Phi) is 5.62. The van der Waals surface area contributed by atoms with Crippen molar-refractivity contribution in [3.63, 3.8) is 0 Å². The third-order valence-electron chi connectivity index (χ3n) is 3.20. The molecule has 0 saturated carbocycles. The maximum Gasteiger partial charge on any atom is 0.416 e. The minimum atomic E-state index is -4.73. The first-order valence-corrected chi connectivity index (χ1v) is 7.47. The van der Waals surface area contributed by atoms with Gasteiger partial charge in [-0.1, -0.05) is 35.3 Å². The summed E-state index contributed by atoms with van der Waals surface area (Å²) in [4.78, 5) is 21.8. The van der Waals surface area contributed by atoms with Gasteiger partial charge in [0.15, 0.2) is 5.75 Å². The van der Waals surface area contributed by atoms with Gasteiger partial charge in [-0.15, -0.1) is 0 Å². The number of aliphatic carboxylic acids is 1. The van der Waals surface area contributed by atoms with E-state index in [2.05, 4.69) is 0 Å². The Labute approximate surface area is 153 Å². The molecule has 2 rings (SSSR count). The highest BCUT2D eigenvalue weighted by Crippen LogP contribution is 2.42. The molecule has 2 aromatic rings. The van der Waals surface area contributed by atoms with Gasteiger partial charge in [0.2, 0.25) is 6.10 Å². The summed E-state index contributed by atoms with van der Waals surface area (Å²) >= 11 is 11.5. The van der Waals surface area contributed by atoms with E-state index in [4.69, 9.17) is 27.9 Å². The van der Waals surface area contributed by atoms with Crippen LogP contribution >= 0.6 is 23.2 Å². The average Bonchev–Trinajstić information content (AvgIpc) is 2.53. The fourth-order valence-corrected chi connectivity index (χ4v) is 2.65. The van der Waals surface area contributed by atoms with Gasteiger partial charge in [-0.05, 0) is 18.2 Å². The Morgan fingerprint density at radius 3 is 2.19 bits per heavy atom. The second-order valence-electron chi connectivity index (χ2n) is 4.92. The predicted octanol–water partition coefficient (Wildman–Crippen LogP) is 5.13. The highest BCUT2D eigenvalue weighted by atomic mass is 35.5. The predicted molar refractivity (Wildman–Crippen MR) is 85.6 cm³/mol. The first-order valence-electron chi connectivity index (χ1n) is 6.71. The minimum Gasteiger partial charge on any atom is -0.478 e. The Hall–Kier alpha value is -2.52. The normalized spacial score (nSPS) is 12.5. The summed E-state index contributed by atoms with van der Waals surface area (Å²) in [5, 5.41) is 19.2. The number of benzene rings is 2. The molecule has 0 bridgehead atoms. The number of carboxylic acid groups (broad SMARTS) is 1. The molecule has 0 fully saturated rings. The number of rotatable bonds is 5. The Bertz CT molecular complexity index is 850. The van der Waals surface area contributed by atoms with Gasteiger partial charge < -0.3 is 9.84 Å². The summed E-state index contributed by atoms with van der Waals surface area (Å²) in [7, 11) is 0. The topological polar surface area (TPSA) is 89.7 Å². The number of hydrogen-bond donors (Lipinski definition) is 1. The summed E-state index contributed by atoms with van der Waals surface area (Å²) in [6, 6.07) is 5.89. The molecule has 0 spiro atoms. The number of halogens is 5. The summed E-state index contributed by atoms with van der Waals surface area (Å²) in [6.45, 7) is 0. The summed E-state index contributed by atoms with van der Waals surface area (Å²) in [5.41, 5.74) is -2.02. The maximum absolute atomic E-state index is 12.7. The largest absolute Gasteiger partial charge is 0.478 e. The minimum absolute atomic E-state index is 0.322. The van der Waals surface area contributed by atoms with Crippen LogP contribution in [0.1, 0.15) is 17.2 Å². The van der Waals surface area contributed by atoms with Crippen LogP contribution in [0, 0.1) is 10.1 Å². The number of ether oxygens (including phenoxy) is 1. The summed E-state index contributed by atoms with van der Waals surface area (Å²) in [6.07, 6.45) is -6.64. The van der Waals surface area contributed by atoms with Crippen molar-refractivity contribution in [2.45, 2.75) is 12.3 Å². The molecule has 1 unspecified atom stereocenters. The molecule has 0 aliphatic rings. The lowest BCUT2D eigenvalue weighted by atomic mass is 10.1. The molecule has 2 aromatic carbocycles. The van der Waals surface area contributed by atoms with Crippen molar-refractivity contribution in [1.29, 1.82) is 0 Å². The van der Waals surface area contributed by atoms with E-state index < -0.39 is 50.2 Å². The molecule has 0 aromatic heterocycles. The molecular weight excluding hydrogens is 402 g/mol. The molecule has 0 heterocycles. The number of hydrogen-bond acceptors (Lipinski definition) is 4. The highest BCUT2D eigenvalue weighted by molar-refractivity contribution is 6.37. The molecule has 0 amide bonds. The fraction of sp³-hybridized carbons (Fsp3) is 0.133. The van der Waals surface area contributed by atoms with E-state index in [1.165, 1.54) is 12.1 Å².